The molecule has 17 heteroatoms. The minimum absolute atomic E-state index is 0.0988. The summed E-state index contributed by atoms with van der Waals surface area (Å²) >= 11 is 7.86. The number of rotatable bonds is 11. The van der Waals surface area contributed by atoms with Gasteiger partial charge in [0, 0.05) is 71.6 Å². The van der Waals surface area contributed by atoms with Gasteiger partial charge in [-0.3, -0.25) is 9.79 Å². The SMILES string of the molecule is COC(=O)CC1CCN(CCS(=O)(=O)N[C@H]2CC3=C(c4ccn(C(F)F)n4)[C@H](c4ccc(F)cc4Cl)N=C(c4nccs4)N3C2)CC1. The summed E-state index contributed by atoms with van der Waals surface area (Å²) in [5.41, 5.74) is 1.76. The Morgan fingerprint density at radius 3 is 2.68 bits per heavy atom. The molecule has 2 atom stereocenters. The van der Waals surface area contributed by atoms with Crippen molar-refractivity contribution in [2.75, 3.05) is 39.0 Å². The lowest BCUT2D eigenvalue weighted by Crippen LogP contribution is -2.43. The van der Waals surface area contributed by atoms with Crippen LogP contribution in [0.1, 0.15) is 54.5 Å². The van der Waals surface area contributed by atoms with Gasteiger partial charge in [0.15, 0.2) is 10.8 Å². The first kappa shape index (κ1) is 33.6. The summed E-state index contributed by atoms with van der Waals surface area (Å²) in [6.45, 7) is -0.937. The molecular weight excluding hydrogens is 679 g/mol. The molecule has 1 N–H and O–H groups in total. The molecule has 2 saturated heterocycles. The van der Waals surface area contributed by atoms with Gasteiger partial charge >= 0.3 is 12.5 Å². The van der Waals surface area contributed by atoms with Crippen molar-refractivity contribution in [2.24, 2.45) is 10.9 Å². The lowest BCUT2D eigenvalue weighted by atomic mass is 9.92. The summed E-state index contributed by atoms with van der Waals surface area (Å²) in [4.78, 5) is 25.0. The zero-order valence-corrected chi connectivity index (χ0v) is 27.7. The number of fused-ring (bicyclic) bond motifs is 1. The maximum absolute atomic E-state index is 14.1. The maximum Gasteiger partial charge on any atom is 0.333 e. The fourth-order valence-electron chi connectivity index (χ4n) is 6.33. The van der Waals surface area contributed by atoms with Crippen molar-refractivity contribution < 1.29 is 31.1 Å². The van der Waals surface area contributed by atoms with Crippen LogP contribution in [-0.2, 0) is 19.6 Å². The topological polar surface area (TPSA) is 122 Å². The summed E-state index contributed by atoms with van der Waals surface area (Å²) < 4.78 is 76.2. The monoisotopic (exact) mass is 711 g/mol. The van der Waals surface area contributed by atoms with Crippen LogP contribution in [0.4, 0.5) is 13.2 Å². The van der Waals surface area contributed by atoms with Crippen molar-refractivity contribution in [3.63, 3.8) is 0 Å². The van der Waals surface area contributed by atoms with Gasteiger partial charge in [-0.05, 0) is 50.0 Å². The maximum atomic E-state index is 14.1. The number of aromatic nitrogens is 3. The number of benzene rings is 1. The molecule has 0 radical (unpaired) electrons. The van der Waals surface area contributed by atoms with Crippen molar-refractivity contribution in [3.8, 4) is 0 Å². The van der Waals surface area contributed by atoms with E-state index in [9.17, 15) is 26.4 Å². The lowest BCUT2D eigenvalue weighted by Gasteiger charge is -2.32. The standard InChI is InChI=1S/C30H33ClF3N7O4S2/c1-45-25(42)14-18-4-8-39(9-5-18)11-13-47(43,44)38-20-16-24-26(23-6-10-41(37-23)30(33)34)27(21-3-2-19(32)15-22(21)31)36-28(40(24)17-20)29-35-7-12-46-29/h2-3,6-7,10,12,15,18,20,27,30,38H,4-5,8-9,11,13-14,16-17H2,1H3/t20-,27-/m0/s1. The van der Waals surface area contributed by atoms with Gasteiger partial charge in [0.1, 0.15) is 11.9 Å². The molecule has 1 aromatic carbocycles. The average molecular weight is 712 g/mol. The fourth-order valence-corrected chi connectivity index (χ4v) is 8.52. The number of thiazole rings is 1. The highest BCUT2D eigenvalue weighted by atomic mass is 35.5. The number of halogens is 4. The van der Waals surface area contributed by atoms with Crippen molar-refractivity contribution in [1.29, 1.82) is 0 Å². The van der Waals surface area contributed by atoms with E-state index in [1.807, 2.05) is 4.90 Å². The van der Waals surface area contributed by atoms with Gasteiger partial charge in [0.2, 0.25) is 10.0 Å². The van der Waals surface area contributed by atoms with Crippen LogP contribution in [0.15, 0.2) is 52.7 Å². The number of esters is 1. The molecule has 2 aromatic heterocycles. The highest BCUT2D eigenvalue weighted by molar-refractivity contribution is 7.89. The lowest BCUT2D eigenvalue weighted by molar-refractivity contribution is -0.142. The van der Waals surface area contributed by atoms with E-state index >= 15 is 0 Å². The van der Waals surface area contributed by atoms with Crippen LogP contribution in [0.5, 0.6) is 0 Å². The number of amidine groups is 1. The number of carbonyl (C=O) groups is 1. The Balaban J connectivity index is 1.26. The van der Waals surface area contributed by atoms with E-state index in [1.54, 1.807) is 11.6 Å². The predicted octanol–water partition coefficient (Wildman–Crippen LogP) is 4.71. The number of sulfonamides is 1. The van der Waals surface area contributed by atoms with E-state index in [2.05, 4.69) is 19.7 Å². The van der Waals surface area contributed by atoms with Gasteiger partial charge in [0.25, 0.3) is 0 Å². The quantitative estimate of drug-likeness (QED) is 0.284. The number of piperidine rings is 1. The first-order valence-corrected chi connectivity index (χ1v) is 18.0. The van der Waals surface area contributed by atoms with Crippen LogP contribution in [0, 0.1) is 11.7 Å². The number of hydrogen-bond donors (Lipinski definition) is 1. The molecule has 0 bridgehead atoms. The van der Waals surface area contributed by atoms with Crippen molar-refractivity contribution >= 4 is 50.3 Å². The van der Waals surface area contributed by atoms with Crippen LogP contribution >= 0.6 is 22.9 Å². The number of alkyl halides is 2. The first-order chi connectivity index (χ1) is 22.5. The second-order valence-corrected chi connectivity index (χ2v) is 14.9. The van der Waals surface area contributed by atoms with E-state index in [1.165, 1.54) is 36.6 Å². The average Bonchev–Trinajstić information content (AvgIpc) is 3.82. The van der Waals surface area contributed by atoms with Gasteiger partial charge in [-0.15, -0.1) is 11.3 Å². The van der Waals surface area contributed by atoms with Crippen molar-refractivity contribution in [1.82, 2.24) is 29.3 Å². The van der Waals surface area contributed by atoms with Gasteiger partial charge in [-0.1, -0.05) is 17.7 Å². The molecule has 11 nitrogen and oxygen atoms in total. The Hall–Kier alpha value is -3.31. The third-order valence-corrected chi connectivity index (χ3v) is 11.1. The molecule has 3 aromatic rings. The number of ether oxygens (including phenoxy) is 1. The second-order valence-electron chi connectivity index (χ2n) is 11.7. The van der Waals surface area contributed by atoms with Crippen LogP contribution in [0.25, 0.3) is 5.57 Å². The summed E-state index contributed by atoms with van der Waals surface area (Å²) in [5.74, 6) is -0.205. The van der Waals surface area contributed by atoms with E-state index < -0.39 is 34.5 Å². The highest BCUT2D eigenvalue weighted by Gasteiger charge is 2.42. The van der Waals surface area contributed by atoms with Crippen molar-refractivity contribution in [3.05, 3.63) is 74.8 Å². The molecule has 3 aliphatic heterocycles. The zero-order chi connectivity index (χ0) is 33.3. The number of nitrogens with zero attached hydrogens (tertiary/aromatic N) is 6. The molecule has 3 aliphatic rings. The van der Waals surface area contributed by atoms with E-state index in [0.717, 1.165) is 25.1 Å². The zero-order valence-electron chi connectivity index (χ0n) is 25.4. The fraction of sp³-hybridized carbons (Fsp3) is 0.467. The smallest absolute Gasteiger partial charge is 0.333 e. The normalized spacial score (nSPS) is 21.0. The number of hydrogen-bond acceptors (Lipinski definition) is 10. The predicted molar refractivity (Wildman–Crippen MR) is 171 cm³/mol. The molecule has 0 saturated carbocycles. The molecule has 0 aliphatic carbocycles. The largest absolute Gasteiger partial charge is 0.469 e. The summed E-state index contributed by atoms with van der Waals surface area (Å²) in [7, 11) is -2.36. The Bertz CT molecular complexity index is 1780. The Labute approximate surface area is 279 Å². The van der Waals surface area contributed by atoms with Crippen LogP contribution < -0.4 is 4.72 Å². The Morgan fingerprint density at radius 2 is 2.02 bits per heavy atom. The van der Waals surface area contributed by atoms with Gasteiger partial charge < -0.3 is 14.5 Å². The molecule has 252 valence electrons. The molecule has 0 spiro atoms. The molecule has 5 heterocycles. The van der Waals surface area contributed by atoms with Gasteiger partial charge in [-0.2, -0.15) is 13.9 Å². The minimum atomic E-state index is -3.73. The number of likely N-dealkylation sites (tertiary alicyclic amines) is 1. The summed E-state index contributed by atoms with van der Waals surface area (Å²) in [5, 5.41) is 6.58. The summed E-state index contributed by atoms with van der Waals surface area (Å²) in [6.07, 6.45) is 4.94. The minimum Gasteiger partial charge on any atom is -0.469 e. The van der Waals surface area contributed by atoms with Crippen molar-refractivity contribution in [2.45, 2.75) is 44.3 Å². The van der Waals surface area contributed by atoms with E-state index in [-0.39, 0.29) is 41.3 Å². The number of nitrogens with one attached hydrogen (secondary N) is 1. The van der Waals surface area contributed by atoms with E-state index in [4.69, 9.17) is 21.3 Å². The number of methoxy groups -OCH3 is 1. The molecule has 0 amide bonds. The van der Waals surface area contributed by atoms with Crippen LogP contribution in [-0.4, -0.2) is 89.9 Å². The molecule has 2 fully saturated rings. The van der Waals surface area contributed by atoms with Crippen LogP contribution in [0.2, 0.25) is 5.02 Å². The second kappa shape index (κ2) is 14.0. The molecule has 47 heavy (non-hydrogen) atoms. The van der Waals surface area contributed by atoms with Crippen LogP contribution in [0.3, 0.4) is 0 Å². The van der Waals surface area contributed by atoms with Gasteiger partial charge in [-0.25, -0.2) is 27.2 Å². The van der Waals surface area contributed by atoms with Gasteiger partial charge in [0.05, 0.1) is 18.6 Å². The number of carbonyl (C=O) groups excluding carboxylic acids is 1. The molecule has 6 rings (SSSR count). The Morgan fingerprint density at radius 1 is 1.23 bits per heavy atom. The van der Waals surface area contributed by atoms with E-state index in [0.29, 0.717) is 58.4 Å². The first-order valence-electron chi connectivity index (χ1n) is 15.1. The highest BCUT2D eigenvalue weighted by Crippen LogP contribution is 2.46. The third-order valence-electron chi connectivity index (χ3n) is 8.64. The molecule has 0 unspecified atom stereocenters. The molecular formula is C30H33ClF3N7O4S2. The third kappa shape index (κ3) is 7.56. The number of aliphatic imine (C=N–C) groups is 1. The Kier molecular flexibility index (Phi) is 10.0. The summed E-state index contributed by atoms with van der Waals surface area (Å²) in [6, 6.07) is 3.94.